The molecule has 320 valence electrons. The van der Waals surface area contributed by atoms with Crippen molar-refractivity contribution in [1.29, 1.82) is 0 Å². The maximum absolute atomic E-state index is 12.5. The summed E-state index contributed by atoms with van der Waals surface area (Å²) in [6, 6.07) is 25.6. The van der Waals surface area contributed by atoms with E-state index in [0.717, 1.165) is 6.42 Å². The number of carbonyl (C=O) groups excluding carboxylic acids is 6. The zero-order valence-electron chi connectivity index (χ0n) is 36.0. The Morgan fingerprint density at radius 2 is 0.967 bits per heavy atom. The van der Waals surface area contributed by atoms with E-state index in [-0.39, 0.29) is 48.2 Å². The average molecular weight is 825 g/mol. The standard InChI is InChI=1S/C27H32O7.C21H24O5/c1-6-18(3)16-32-24(29)20-8-10-21(11-9-20)25(30)34-22-14-12-19(13-15-22)23(28)17-33-26(31)27(4,5)7-2;1-5-21(2,3)20(23)26-14-25-18-12-8-16(9-13-18)19(22)15-6-10-17(24-4)11-7-15/h8-15,18H,6-7,16-17H2,1-5H3;6-13H,5,14H2,1-4H3. The van der Waals surface area contributed by atoms with Crippen LogP contribution in [-0.4, -0.2) is 62.6 Å². The molecule has 0 aliphatic heterocycles. The first-order valence-electron chi connectivity index (χ1n) is 19.8. The highest BCUT2D eigenvalue weighted by Gasteiger charge is 2.28. The number of carbonyl (C=O) groups is 6. The third kappa shape index (κ3) is 14.5. The fraction of sp³-hybridized carbons (Fsp3) is 0.375. The summed E-state index contributed by atoms with van der Waals surface area (Å²) in [7, 11) is 1.58. The first kappa shape index (κ1) is 48.1. The number of ketones is 2. The van der Waals surface area contributed by atoms with E-state index in [1.165, 1.54) is 48.5 Å². The van der Waals surface area contributed by atoms with Crippen LogP contribution >= 0.6 is 0 Å². The van der Waals surface area contributed by atoms with Crippen LogP contribution in [0.1, 0.15) is 122 Å². The van der Waals surface area contributed by atoms with Gasteiger partial charge in [0.25, 0.3) is 0 Å². The Morgan fingerprint density at radius 3 is 1.45 bits per heavy atom. The quantitative estimate of drug-likeness (QED) is 0.0290. The summed E-state index contributed by atoms with van der Waals surface area (Å²) in [5, 5.41) is 0. The smallest absolute Gasteiger partial charge is 0.343 e. The minimum absolute atomic E-state index is 0.0877. The van der Waals surface area contributed by atoms with Gasteiger partial charge in [-0.3, -0.25) is 19.2 Å². The highest BCUT2D eigenvalue weighted by Crippen LogP contribution is 2.24. The lowest BCUT2D eigenvalue weighted by atomic mass is 9.91. The van der Waals surface area contributed by atoms with E-state index in [9.17, 15) is 28.8 Å². The Morgan fingerprint density at radius 1 is 0.533 bits per heavy atom. The molecule has 0 aliphatic carbocycles. The van der Waals surface area contributed by atoms with Gasteiger partial charge in [-0.1, -0.05) is 34.1 Å². The minimum atomic E-state index is -0.648. The van der Waals surface area contributed by atoms with Gasteiger partial charge in [0.15, 0.2) is 18.2 Å². The Bertz CT molecular complexity index is 2050. The molecule has 0 spiro atoms. The third-order valence-electron chi connectivity index (χ3n) is 10.0. The normalized spacial score (nSPS) is 11.5. The van der Waals surface area contributed by atoms with Gasteiger partial charge < -0.3 is 28.4 Å². The van der Waals surface area contributed by atoms with Gasteiger partial charge in [0.05, 0.1) is 35.7 Å². The van der Waals surface area contributed by atoms with Crippen molar-refractivity contribution in [3.63, 3.8) is 0 Å². The summed E-state index contributed by atoms with van der Waals surface area (Å²) in [6.45, 7) is 14.8. The molecular formula is C48H56O12. The van der Waals surface area contributed by atoms with E-state index in [2.05, 4.69) is 0 Å². The summed E-state index contributed by atoms with van der Waals surface area (Å²) in [6.07, 6.45) is 2.21. The van der Waals surface area contributed by atoms with E-state index >= 15 is 0 Å². The van der Waals surface area contributed by atoms with Crippen molar-refractivity contribution >= 4 is 35.4 Å². The molecule has 0 aliphatic rings. The summed E-state index contributed by atoms with van der Waals surface area (Å²) in [4.78, 5) is 73.1. The lowest BCUT2D eigenvalue weighted by Crippen LogP contribution is -2.27. The molecule has 0 radical (unpaired) electrons. The van der Waals surface area contributed by atoms with Crippen LogP contribution in [0.15, 0.2) is 97.1 Å². The maximum atomic E-state index is 12.5. The van der Waals surface area contributed by atoms with Crippen LogP contribution < -0.4 is 14.2 Å². The SMILES string of the molecule is CCC(C)(C)C(=O)OCOc1ccc(C(=O)c2ccc(OC)cc2)cc1.CCC(C)COC(=O)c1ccc(C(=O)Oc2ccc(C(=O)COC(=O)C(C)(C)CC)cc2)cc1. The van der Waals surface area contributed by atoms with E-state index in [1.54, 1.807) is 69.5 Å². The van der Waals surface area contributed by atoms with Gasteiger partial charge in [-0.25, -0.2) is 9.59 Å². The number of rotatable bonds is 19. The van der Waals surface area contributed by atoms with Crippen LogP contribution in [0.2, 0.25) is 0 Å². The first-order valence-corrected chi connectivity index (χ1v) is 19.8. The van der Waals surface area contributed by atoms with Gasteiger partial charge in [0.2, 0.25) is 6.79 Å². The average Bonchev–Trinajstić information content (AvgIpc) is 3.27. The highest BCUT2D eigenvalue weighted by atomic mass is 16.7. The molecule has 4 rings (SSSR count). The van der Waals surface area contributed by atoms with E-state index in [4.69, 9.17) is 28.4 Å². The number of ether oxygens (including phenoxy) is 6. The first-order chi connectivity index (χ1) is 28.4. The van der Waals surface area contributed by atoms with Crippen molar-refractivity contribution in [2.45, 2.75) is 74.7 Å². The zero-order valence-corrected chi connectivity index (χ0v) is 36.0. The van der Waals surface area contributed by atoms with Crippen LogP contribution in [0.25, 0.3) is 0 Å². The number of hydrogen-bond acceptors (Lipinski definition) is 12. The molecule has 0 N–H and O–H groups in total. The number of hydrogen-bond donors (Lipinski definition) is 0. The van der Waals surface area contributed by atoms with Gasteiger partial charge in [0.1, 0.15) is 17.2 Å². The fourth-order valence-electron chi connectivity index (χ4n) is 4.69. The van der Waals surface area contributed by atoms with Crippen LogP contribution in [0.5, 0.6) is 17.2 Å². The molecule has 12 nitrogen and oxygen atoms in total. The van der Waals surface area contributed by atoms with Crippen LogP contribution in [0.3, 0.4) is 0 Å². The summed E-state index contributed by atoms with van der Waals surface area (Å²) in [5.41, 5.74) is 0.904. The second-order valence-electron chi connectivity index (χ2n) is 15.4. The van der Waals surface area contributed by atoms with Crippen molar-refractivity contribution in [3.8, 4) is 17.2 Å². The van der Waals surface area contributed by atoms with Crippen LogP contribution in [0.4, 0.5) is 0 Å². The number of Topliss-reactive ketones (excluding diaryl/α,β-unsaturated/α-hetero) is 1. The van der Waals surface area contributed by atoms with Crippen molar-refractivity contribution in [1.82, 2.24) is 0 Å². The van der Waals surface area contributed by atoms with Gasteiger partial charge in [-0.05, 0) is 144 Å². The van der Waals surface area contributed by atoms with Crippen molar-refractivity contribution in [2.24, 2.45) is 16.7 Å². The third-order valence-corrected chi connectivity index (χ3v) is 10.0. The van der Waals surface area contributed by atoms with Crippen molar-refractivity contribution in [3.05, 3.63) is 125 Å². The number of methoxy groups -OCH3 is 1. The van der Waals surface area contributed by atoms with E-state index in [1.807, 2.05) is 41.5 Å². The second-order valence-corrected chi connectivity index (χ2v) is 15.4. The lowest BCUT2D eigenvalue weighted by Gasteiger charge is -2.20. The van der Waals surface area contributed by atoms with Crippen LogP contribution in [-0.2, 0) is 23.8 Å². The van der Waals surface area contributed by atoms with Gasteiger partial charge in [-0.15, -0.1) is 0 Å². The summed E-state index contributed by atoms with van der Waals surface area (Å²) >= 11 is 0. The molecule has 0 saturated carbocycles. The molecule has 12 heteroatoms. The van der Waals surface area contributed by atoms with Crippen molar-refractivity contribution < 1.29 is 57.2 Å². The van der Waals surface area contributed by atoms with Crippen LogP contribution in [0, 0.1) is 16.7 Å². The Labute approximate surface area is 352 Å². The molecule has 0 aromatic heterocycles. The molecule has 4 aromatic rings. The fourth-order valence-corrected chi connectivity index (χ4v) is 4.69. The van der Waals surface area contributed by atoms with E-state index in [0.29, 0.717) is 53.2 Å². The van der Waals surface area contributed by atoms with Gasteiger partial charge >= 0.3 is 23.9 Å². The monoisotopic (exact) mass is 824 g/mol. The number of benzene rings is 4. The largest absolute Gasteiger partial charge is 0.497 e. The van der Waals surface area contributed by atoms with Crippen molar-refractivity contribution in [2.75, 3.05) is 27.1 Å². The predicted molar refractivity (Wildman–Crippen MR) is 225 cm³/mol. The highest BCUT2D eigenvalue weighted by molar-refractivity contribution is 6.09. The molecule has 1 unspecified atom stereocenters. The minimum Gasteiger partial charge on any atom is -0.497 e. The Kier molecular flexibility index (Phi) is 18.2. The predicted octanol–water partition coefficient (Wildman–Crippen LogP) is 9.51. The Hall–Kier alpha value is -6.30. The van der Waals surface area contributed by atoms with Gasteiger partial charge in [-0.2, -0.15) is 0 Å². The Balaban J connectivity index is 0.000000332. The molecule has 0 bridgehead atoms. The maximum Gasteiger partial charge on any atom is 0.343 e. The molecule has 0 heterocycles. The summed E-state index contributed by atoms with van der Waals surface area (Å²) < 4.78 is 31.3. The molecule has 0 saturated heterocycles. The van der Waals surface area contributed by atoms with Gasteiger partial charge in [0, 0.05) is 16.7 Å². The molecule has 0 fully saturated rings. The second kappa shape index (κ2) is 22.7. The molecule has 1 atom stereocenters. The molecule has 60 heavy (non-hydrogen) atoms. The molecular weight excluding hydrogens is 769 g/mol. The number of esters is 4. The lowest BCUT2D eigenvalue weighted by molar-refractivity contribution is -0.161. The molecule has 4 aromatic carbocycles. The molecule has 0 amide bonds. The zero-order chi connectivity index (χ0) is 44.5. The topological polar surface area (TPSA) is 158 Å². The van der Waals surface area contributed by atoms with E-state index < -0.39 is 28.7 Å². The summed E-state index contributed by atoms with van der Waals surface area (Å²) in [5.74, 6) is -0.451.